The molecule has 146 valence electrons. The molecule has 0 radical (unpaired) electrons. The molecule has 9 heteroatoms. The number of halogens is 3. The van der Waals surface area contributed by atoms with Crippen LogP contribution in [0.25, 0.3) is 0 Å². The van der Waals surface area contributed by atoms with Crippen molar-refractivity contribution in [2.24, 2.45) is 13.0 Å². The van der Waals surface area contributed by atoms with E-state index in [1.807, 2.05) is 13.2 Å². The molecule has 1 N–H and O–H groups in total. The molecule has 2 aromatic rings. The van der Waals surface area contributed by atoms with Crippen LogP contribution in [0.5, 0.6) is 0 Å². The summed E-state index contributed by atoms with van der Waals surface area (Å²) in [5.41, 5.74) is 0.959. The van der Waals surface area contributed by atoms with Crippen molar-refractivity contribution < 1.29 is 17.9 Å². The lowest BCUT2D eigenvalue weighted by atomic mass is 9.77. The molecule has 3 aliphatic rings. The molecule has 1 saturated heterocycles. The summed E-state index contributed by atoms with van der Waals surface area (Å²) >= 11 is 0.865. The van der Waals surface area contributed by atoms with Crippen molar-refractivity contribution in [2.75, 3.05) is 6.61 Å². The fourth-order valence-electron chi connectivity index (χ4n) is 4.53. The molecule has 5 rings (SSSR count). The number of thiophene rings is 1. The maximum absolute atomic E-state index is 13.3. The zero-order valence-electron chi connectivity index (χ0n) is 14.9. The van der Waals surface area contributed by atoms with Crippen LogP contribution in [-0.4, -0.2) is 27.6 Å². The quantitative estimate of drug-likeness (QED) is 0.840. The molecule has 3 unspecified atom stereocenters. The van der Waals surface area contributed by atoms with Crippen molar-refractivity contribution >= 4 is 11.3 Å². The van der Waals surface area contributed by atoms with Crippen LogP contribution in [0.1, 0.15) is 52.7 Å². The zero-order valence-corrected chi connectivity index (χ0v) is 15.7. The van der Waals surface area contributed by atoms with Gasteiger partial charge in [0.25, 0.3) is 0 Å². The van der Waals surface area contributed by atoms with Gasteiger partial charge in [0, 0.05) is 30.6 Å². The molecule has 1 aliphatic carbocycles. The highest BCUT2D eigenvalue weighted by atomic mass is 32.1. The largest absolute Gasteiger partial charge is 0.425 e. The van der Waals surface area contributed by atoms with Gasteiger partial charge in [-0.2, -0.15) is 13.2 Å². The second kappa shape index (κ2) is 6.02. The van der Waals surface area contributed by atoms with Crippen LogP contribution in [0.4, 0.5) is 13.2 Å². The van der Waals surface area contributed by atoms with Crippen molar-refractivity contribution in [1.29, 1.82) is 0 Å². The standard InChI is InChI=1S/C18H21F3N4OS/c1-25-9-14(23-24-25)13-8-17(7-12(22-13)10-2-3-10)16-11(4-5-26-17)6-15(27-16)18(19,20)21/h6,9-10,12-13,22H,2-5,7-8H2,1H3. The van der Waals surface area contributed by atoms with E-state index in [4.69, 9.17) is 4.74 Å². The van der Waals surface area contributed by atoms with Gasteiger partial charge < -0.3 is 10.1 Å². The van der Waals surface area contributed by atoms with Gasteiger partial charge in [-0.3, -0.25) is 4.68 Å². The van der Waals surface area contributed by atoms with Gasteiger partial charge in [0.2, 0.25) is 0 Å². The molecule has 3 atom stereocenters. The van der Waals surface area contributed by atoms with E-state index in [2.05, 4.69) is 15.6 Å². The Morgan fingerprint density at radius 3 is 2.81 bits per heavy atom. The first-order valence-corrected chi connectivity index (χ1v) is 10.1. The van der Waals surface area contributed by atoms with Crippen LogP contribution in [0.3, 0.4) is 0 Å². The molecule has 27 heavy (non-hydrogen) atoms. The Kier molecular flexibility index (Phi) is 3.93. The number of alkyl halides is 3. The minimum atomic E-state index is -4.31. The molecule has 1 saturated carbocycles. The van der Waals surface area contributed by atoms with E-state index < -0.39 is 16.7 Å². The average Bonchev–Trinajstić information content (AvgIpc) is 3.20. The first-order valence-electron chi connectivity index (χ1n) is 9.31. The summed E-state index contributed by atoms with van der Waals surface area (Å²) in [6.45, 7) is 0.464. The summed E-state index contributed by atoms with van der Waals surface area (Å²) in [5.74, 6) is 0.567. The summed E-state index contributed by atoms with van der Waals surface area (Å²) in [4.78, 5) is 0.247. The number of fused-ring (bicyclic) bond motifs is 2. The third-order valence-corrected chi connectivity index (χ3v) is 7.33. The molecule has 2 aromatic heterocycles. The molecule has 4 heterocycles. The Balaban J connectivity index is 1.55. The van der Waals surface area contributed by atoms with E-state index in [0.29, 0.717) is 25.4 Å². The highest BCUT2D eigenvalue weighted by Gasteiger charge is 2.51. The molecule has 2 fully saturated rings. The molecular weight excluding hydrogens is 377 g/mol. The van der Waals surface area contributed by atoms with E-state index in [1.165, 1.54) is 6.07 Å². The molecule has 0 bridgehead atoms. The predicted molar refractivity (Wildman–Crippen MR) is 93.3 cm³/mol. The van der Waals surface area contributed by atoms with Crippen LogP contribution in [-0.2, 0) is 30.0 Å². The Labute approximate surface area is 158 Å². The number of hydrogen-bond donors (Lipinski definition) is 1. The third-order valence-electron chi connectivity index (χ3n) is 5.92. The highest BCUT2D eigenvalue weighted by molar-refractivity contribution is 7.12. The number of hydrogen-bond acceptors (Lipinski definition) is 5. The zero-order chi connectivity index (χ0) is 18.8. The van der Waals surface area contributed by atoms with Crippen molar-refractivity contribution in [1.82, 2.24) is 20.3 Å². The van der Waals surface area contributed by atoms with Crippen molar-refractivity contribution in [2.45, 2.75) is 56.0 Å². The smallest absolute Gasteiger partial charge is 0.369 e. The highest BCUT2D eigenvalue weighted by Crippen LogP contribution is 2.53. The second-order valence-corrected chi connectivity index (χ2v) is 9.00. The molecular formula is C18H21F3N4OS. The lowest BCUT2D eigenvalue weighted by molar-refractivity contribution is -0.134. The van der Waals surface area contributed by atoms with Crippen molar-refractivity contribution in [3.8, 4) is 0 Å². The van der Waals surface area contributed by atoms with Gasteiger partial charge in [0.05, 0.1) is 18.3 Å². The molecule has 2 aliphatic heterocycles. The fraction of sp³-hybridized carbons (Fsp3) is 0.667. The van der Waals surface area contributed by atoms with Crippen LogP contribution < -0.4 is 5.32 Å². The summed E-state index contributed by atoms with van der Waals surface area (Å²) in [6, 6.07) is 1.49. The lowest BCUT2D eigenvalue weighted by Crippen LogP contribution is -2.51. The second-order valence-electron chi connectivity index (χ2n) is 7.94. The summed E-state index contributed by atoms with van der Waals surface area (Å²) in [5, 5.41) is 12.0. The Morgan fingerprint density at radius 1 is 1.33 bits per heavy atom. The van der Waals surface area contributed by atoms with Gasteiger partial charge in [0.1, 0.15) is 10.5 Å². The van der Waals surface area contributed by atoms with E-state index in [1.54, 1.807) is 4.68 Å². The van der Waals surface area contributed by atoms with E-state index >= 15 is 0 Å². The van der Waals surface area contributed by atoms with Gasteiger partial charge in [-0.15, -0.1) is 16.4 Å². The monoisotopic (exact) mass is 398 g/mol. The Hall–Kier alpha value is -1.45. The van der Waals surface area contributed by atoms with Gasteiger partial charge >= 0.3 is 6.18 Å². The van der Waals surface area contributed by atoms with Gasteiger partial charge in [-0.25, -0.2) is 0 Å². The first kappa shape index (κ1) is 17.6. The van der Waals surface area contributed by atoms with Crippen molar-refractivity contribution in [3.63, 3.8) is 0 Å². The molecule has 0 aromatic carbocycles. The minimum Gasteiger partial charge on any atom is -0.369 e. The normalized spacial score (nSPS) is 31.3. The SMILES string of the molecule is Cn1cc(C2CC3(CC(C4CC4)N2)OCCc2cc(C(F)(F)F)sc23)nn1. The summed E-state index contributed by atoms with van der Waals surface area (Å²) < 4.78 is 47.9. The fourth-order valence-corrected chi connectivity index (χ4v) is 5.77. The topological polar surface area (TPSA) is 52.0 Å². The number of piperidine rings is 1. The average molecular weight is 398 g/mol. The number of aryl methyl sites for hydroxylation is 1. The van der Waals surface area contributed by atoms with E-state index in [0.717, 1.165) is 46.7 Å². The third kappa shape index (κ3) is 3.09. The van der Waals surface area contributed by atoms with Gasteiger partial charge in [0.15, 0.2) is 0 Å². The van der Waals surface area contributed by atoms with Crippen LogP contribution in [0.2, 0.25) is 0 Å². The number of rotatable bonds is 2. The van der Waals surface area contributed by atoms with E-state index in [9.17, 15) is 13.2 Å². The maximum Gasteiger partial charge on any atom is 0.425 e. The number of nitrogens with zero attached hydrogens (tertiary/aromatic N) is 3. The number of aromatic nitrogens is 3. The molecule has 1 spiro atoms. The molecule has 0 amide bonds. The van der Waals surface area contributed by atoms with Crippen molar-refractivity contribution in [3.05, 3.63) is 33.3 Å². The van der Waals surface area contributed by atoms with Gasteiger partial charge in [-0.05, 0) is 43.2 Å². The lowest BCUT2D eigenvalue weighted by Gasteiger charge is -2.46. The Morgan fingerprint density at radius 2 is 2.15 bits per heavy atom. The summed E-state index contributed by atoms with van der Waals surface area (Å²) in [7, 11) is 1.82. The van der Waals surface area contributed by atoms with Crippen LogP contribution in [0, 0.1) is 5.92 Å². The number of nitrogens with one attached hydrogen (secondary N) is 1. The number of ether oxygens (including phenoxy) is 1. The molecule has 5 nitrogen and oxygen atoms in total. The summed E-state index contributed by atoms with van der Waals surface area (Å²) in [6.07, 6.45) is 1.73. The van der Waals surface area contributed by atoms with Crippen LogP contribution in [0.15, 0.2) is 12.3 Å². The minimum absolute atomic E-state index is 0.0690. The van der Waals surface area contributed by atoms with E-state index in [-0.39, 0.29) is 12.1 Å². The van der Waals surface area contributed by atoms with Gasteiger partial charge in [-0.1, -0.05) is 5.21 Å². The predicted octanol–water partition coefficient (Wildman–Crippen LogP) is 3.57. The first-order chi connectivity index (χ1) is 12.8. The van der Waals surface area contributed by atoms with Crippen LogP contribution >= 0.6 is 11.3 Å². The Bertz CT molecular complexity index is 859. The maximum atomic E-state index is 13.3.